The number of hydrogen-bond acceptors (Lipinski definition) is 7. The predicted octanol–water partition coefficient (Wildman–Crippen LogP) is 5.57. The zero-order valence-electron chi connectivity index (χ0n) is 21.7. The molecule has 0 unspecified atom stereocenters. The first kappa shape index (κ1) is 27.5. The molecule has 3 aromatic rings. The molecule has 0 aliphatic carbocycles. The molecule has 0 radical (unpaired) electrons. The molecule has 1 heterocycles. The molecule has 0 saturated heterocycles. The smallest absolute Gasteiger partial charge is 0.283 e. The number of unbranched alkanes of at least 4 members (excludes halogenated alkanes) is 1. The van der Waals surface area contributed by atoms with E-state index >= 15 is 0 Å². The summed E-state index contributed by atoms with van der Waals surface area (Å²) in [6.07, 6.45) is 1.90. The van der Waals surface area contributed by atoms with Crippen molar-refractivity contribution >= 4 is 46.4 Å². The van der Waals surface area contributed by atoms with Crippen LogP contribution in [0, 0.1) is 0 Å². The zero-order chi connectivity index (χ0) is 27.9. The third-order valence-corrected chi connectivity index (χ3v) is 6.29. The van der Waals surface area contributed by atoms with Gasteiger partial charge in [-0.05, 0) is 48.9 Å². The number of halogens is 1. The predicted molar refractivity (Wildman–Crippen MR) is 150 cm³/mol. The Hall–Kier alpha value is -4.50. The number of benzene rings is 3. The number of carbonyl (C=O) groups is 3. The van der Waals surface area contributed by atoms with Crippen LogP contribution in [-0.4, -0.2) is 38.5 Å². The monoisotopic (exact) mass is 549 g/mol. The number of ether oxygens (including phenoxy) is 3. The Kier molecular flexibility index (Phi) is 8.73. The van der Waals surface area contributed by atoms with Crippen LogP contribution >= 0.6 is 11.6 Å². The van der Waals surface area contributed by atoms with E-state index in [9.17, 15) is 14.4 Å². The Bertz CT molecular complexity index is 1440. The van der Waals surface area contributed by atoms with Gasteiger partial charge in [-0.15, -0.1) is 0 Å². The lowest BCUT2D eigenvalue weighted by Gasteiger charge is -2.18. The molecule has 3 amide bonds. The van der Waals surface area contributed by atoms with Gasteiger partial charge >= 0.3 is 0 Å². The van der Waals surface area contributed by atoms with Crippen molar-refractivity contribution in [2.24, 2.45) is 0 Å². The fraction of sp³-hybridized carbons (Fsp3) is 0.207. The van der Waals surface area contributed by atoms with E-state index in [1.807, 2.05) is 6.07 Å². The first-order valence-electron chi connectivity index (χ1n) is 12.3. The van der Waals surface area contributed by atoms with Crippen LogP contribution in [0.4, 0.5) is 17.1 Å². The SMILES string of the molecule is CCCCOc1ccccc1NC(=O)c1cccc(NC2=C(Cl)C(=O)N(c3ccc(OC)cc3OC)C2=O)c1. The average Bonchev–Trinajstić information content (AvgIpc) is 3.16. The van der Waals surface area contributed by atoms with Crippen LogP contribution in [0.25, 0.3) is 0 Å². The number of amides is 3. The van der Waals surface area contributed by atoms with Gasteiger partial charge in [-0.3, -0.25) is 14.4 Å². The Morgan fingerprint density at radius 1 is 0.923 bits per heavy atom. The summed E-state index contributed by atoms with van der Waals surface area (Å²) in [5, 5.41) is 5.48. The molecule has 0 saturated carbocycles. The lowest BCUT2D eigenvalue weighted by atomic mass is 10.1. The molecule has 0 aromatic heterocycles. The van der Waals surface area contributed by atoms with Crippen LogP contribution in [0.15, 0.2) is 77.5 Å². The molecule has 0 spiro atoms. The van der Waals surface area contributed by atoms with Gasteiger partial charge in [0.1, 0.15) is 28.0 Å². The highest BCUT2D eigenvalue weighted by atomic mass is 35.5. The van der Waals surface area contributed by atoms with Crippen LogP contribution in [-0.2, 0) is 9.59 Å². The molecular weight excluding hydrogens is 522 g/mol. The molecule has 10 heteroatoms. The summed E-state index contributed by atoms with van der Waals surface area (Å²) in [6, 6.07) is 18.4. The molecule has 39 heavy (non-hydrogen) atoms. The highest BCUT2D eigenvalue weighted by Crippen LogP contribution is 2.37. The van der Waals surface area contributed by atoms with E-state index < -0.39 is 11.8 Å². The van der Waals surface area contributed by atoms with Crippen molar-refractivity contribution in [2.75, 3.05) is 36.4 Å². The van der Waals surface area contributed by atoms with Gasteiger partial charge < -0.3 is 24.8 Å². The van der Waals surface area contributed by atoms with Gasteiger partial charge in [0.2, 0.25) is 0 Å². The van der Waals surface area contributed by atoms with E-state index in [0.29, 0.717) is 35.0 Å². The molecule has 2 N–H and O–H groups in total. The maximum Gasteiger partial charge on any atom is 0.283 e. The average molecular weight is 550 g/mol. The molecule has 3 aromatic carbocycles. The molecular formula is C29H28ClN3O6. The van der Waals surface area contributed by atoms with Crippen LogP contribution in [0.5, 0.6) is 17.2 Å². The van der Waals surface area contributed by atoms with Crippen LogP contribution in [0.1, 0.15) is 30.1 Å². The Balaban J connectivity index is 1.52. The minimum Gasteiger partial charge on any atom is -0.497 e. The van der Waals surface area contributed by atoms with Gasteiger partial charge in [-0.2, -0.15) is 0 Å². The van der Waals surface area contributed by atoms with Crippen molar-refractivity contribution in [1.82, 2.24) is 0 Å². The second kappa shape index (κ2) is 12.4. The minimum absolute atomic E-state index is 0.119. The van der Waals surface area contributed by atoms with Gasteiger partial charge in [-0.1, -0.05) is 43.1 Å². The Morgan fingerprint density at radius 2 is 1.72 bits per heavy atom. The number of nitrogens with zero attached hydrogens (tertiary/aromatic N) is 1. The standard InChI is InChI=1S/C29H28ClN3O6/c1-4-5-15-39-23-12-7-6-11-21(23)32-27(34)18-9-8-10-19(16-18)31-26-25(30)28(35)33(29(26)36)22-14-13-20(37-2)17-24(22)38-3/h6-14,16-17,31H,4-5,15H2,1-3H3,(H,32,34). The van der Waals surface area contributed by atoms with E-state index in [1.54, 1.807) is 54.6 Å². The van der Waals surface area contributed by atoms with Gasteiger partial charge in [-0.25, -0.2) is 4.90 Å². The van der Waals surface area contributed by atoms with Crippen LogP contribution < -0.4 is 29.7 Å². The minimum atomic E-state index is -0.707. The highest BCUT2D eigenvalue weighted by molar-refractivity contribution is 6.53. The maximum atomic E-state index is 13.3. The van der Waals surface area contributed by atoms with Crippen molar-refractivity contribution < 1.29 is 28.6 Å². The number of nitrogens with one attached hydrogen (secondary N) is 2. The maximum absolute atomic E-state index is 13.3. The van der Waals surface area contributed by atoms with Crippen molar-refractivity contribution in [3.05, 3.63) is 83.0 Å². The summed E-state index contributed by atoms with van der Waals surface area (Å²) in [4.78, 5) is 40.2. The normalized spacial score (nSPS) is 13.0. The summed E-state index contributed by atoms with van der Waals surface area (Å²) < 4.78 is 16.3. The van der Waals surface area contributed by atoms with E-state index in [0.717, 1.165) is 17.7 Å². The lowest BCUT2D eigenvalue weighted by Crippen LogP contribution is -2.32. The molecule has 0 atom stereocenters. The van der Waals surface area contributed by atoms with Crippen molar-refractivity contribution in [3.8, 4) is 17.2 Å². The number of rotatable bonds is 11. The largest absolute Gasteiger partial charge is 0.497 e. The molecule has 1 aliphatic rings. The van der Waals surface area contributed by atoms with Gasteiger partial charge in [0.05, 0.1) is 32.2 Å². The number of anilines is 3. The van der Waals surface area contributed by atoms with Crippen LogP contribution in [0.2, 0.25) is 0 Å². The van der Waals surface area contributed by atoms with Crippen molar-refractivity contribution in [1.29, 1.82) is 0 Å². The zero-order valence-corrected chi connectivity index (χ0v) is 22.5. The quantitative estimate of drug-likeness (QED) is 0.238. The fourth-order valence-electron chi connectivity index (χ4n) is 3.90. The second-order valence-electron chi connectivity index (χ2n) is 8.53. The first-order valence-corrected chi connectivity index (χ1v) is 12.7. The molecule has 0 bridgehead atoms. The van der Waals surface area contributed by atoms with Gasteiger partial charge in [0, 0.05) is 17.3 Å². The first-order chi connectivity index (χ1) is 18.9. The fourth-order valence-corrected chi connectivity index (χ4v) is 4.11. The van der Waals surface area contributed by atoms with Gasteiger partial charge in [0.15, 0.2) is 0 Å². The summed E-state index contributed by atoms with van der Waals surface area (Å²) >= 11 is 6.30. The van der Waals surface area contributed by atoms with E-state index in [1.165, 1.54) is 20.3 Å². The van der Waals surface area contributed by atoms with E-state index in [2.05, 4.69) is 17.6 Å². The Morgan fingerprint density at radius 3 is 2.46 bits per heavy atom. The summed E-state index contributed by atoms with van der Waals surface area (Å²) in [6.45, 7) is 2.62. The summed E-state index contributed by atoms with van der Waals surface area (Å²) in [7, 11) is 2.92. The summed E-state index contributed by atoms with van der Waals surface area (Å²) in [5.41, 5.74) is 1.37. The van der Waals surface area contributed by atoms with E-state index in [4.69, 9.17) is 25.8 Å². The van der Waals surface area contributed by atoms with Crippen LogP contribution in [0.3, 0.4) is 0 Å². The molecule has 202 valence electrons. The molecule has 4 rings (SSSR count). The third kappa shape index (κ3) is 5.99. The number of para-hydroxylation sites is 2. The Labute approximate surface area is 231 Å². The van der Waals surface area contributed by atoms with Crippen molar-refractivity contribution in [2.45, 2.75) is 19.8 Å². The number of imide groups is 1. The van der Waals surface area contributed by atoms with Crippen molar-refractivity contribution in [3.63, 3.8) is 0 Å². The number of carbonyl (C=O) groups excluding carboxylic acids is 3. The summed E-state index contributed by atoms with van der Waals surface area (Å²) in [5.74, 6) is -0.405. The lowest BCUT2D eigenvalue weighted by molar-refractivity contribution is -0.120. The number of methoxy groups -OCH3 is 2. The second-order valence-corrected chi connectivity index (χ2v) is 8.91. The van der Waals surface area contributed by atoms with E-state index in [-0.39, 0.29) is 28.1 Å². The highest BCUT2D eigenvalue weighted by Gasteiger charge is 2.40. The van der Waals surface area contributed by atoms with Gasteiger partial charge in [0.25, 0.3) is 17.7 Å². The topological polar surface area (TPSA) is 106 Å². The molecule has 1 aliphatic heterocycles. The third-order valence-electron chi connectivity index (χ3n) is 5.94. The molecule has 9 nitrogen and oxygen atoms in total. The molecule has 0 fully saturated rings. The number of hydrogen-bond donors (Lipinski definition) is 2.